The van der Waals surface area contributed by atoms with E-state index in [1.54, 1.807) is 7.11 Å². The topological polar surface area (TPSA) is 38.8 Å². The molecule has 1 aromatic carbocycles. The second-order valence-corrected chi connectivity index (χ2v) is 9.75. The highest BCUT2D eigenvalue weighted by Gasteiger charge is 2.18. The normalized spacial score (nSPS) is 14.3. The monoisotopic (exact) mass is 401 g/mol. The number of aliphatic hydroxyl groups excluding tert-OH is 1. The first kappa shape index (κ1) is 23.7. The van der Waals surface area contributed by atoms with E-state index >= 15 is 0 Å². The van der Waals surface area contributed by atoms with Crippen molar-refractivity contribution >= 4 is 0 Å². The Morgan fingerprint density at radius 3 is 2.38 bits per heavy atom. The van der Waals surface area contributed by atoms with Gasteiger partial charge in [0.2, 0.25) is 0 Å². The molecule has 162 valence electrons. The van der Waals surface area contributed by atoms with E-state index in [4.69, 9.17) is 4.74 Å². The van der Waals surface area contributed by atoms with Crippen molar-refractivity contribution in [2.75, 3.05) is 26.8 Å². The maximum absolute atomic E-state index is 10.3. The Balaban J connectivity index is 2.07. The molecule has 0 amide bonds. The Kier molecular flexibility index (Phi) is 8.94. The first-order valence-electron chi connectivity index (χ1n) is 10.9. The SMILES string of the molecule is COC[C@H](O)C[NH+](CCC(C)C)Cc1cccn1Cc1ccc(C(C)(C)C)cc1. The van der Waals surface area contributed by atoms with Crippen molar-refractivity contribution in [1.82, 2.24) is 4.57 Å². The van der Waals surface area contributed by atoms with Gasteiger partial charge in [0.1, 0.15) is 19.2 Å². The number of aromatic nitrogens is 1. The summed E-state index contributed by atoms with van der Waals surface area (Å²) in [5, 5.41) is 10.3. The smallest absolute Gasteiger partial charge is 0.126 e. The van der Waals surface area contributed by atoms with Gasteiger partial charge >= 0.3 is 0 Å². The fraction of sp³-hybridized carbons (Fsp3) is 0.600. The number of methoxy groups -OCH3 is 1. The largest absolute Gasteiger partial charge is 0.385 e. The molecule has 1 aromatic heterocycles. The van der Waals surface area contributed by atoms with Crippen LogP contribution in [-0.4, -0.2) is 42.6 Å². The maximum Gasteiger partial charge on any atom is 0.126 e. The van der Waals surface area contributed by atoms with Gasteiger partial charge in [-0.15, -0.1) is 0 Å². The lowest BCUT2D eigenvalue weighted by Gasteiger charge is -2.24. The number of rotatable bonds is 11. The molecule has 0 radical (unpaired) electrons. The van der Waals surface area contributed by atoms with Crippen LogP contribution < -0.4 is 4.90 Å². The van der Waals surface area contributed by atoms with Gasteiger partial charge in [-0.1, -0.05) is 58.9 Å². The van der Waals surface area contributed by atoms with Crippen molar-refractivity contribution in [3.05, 3.63) is 59.4 Å². The van der Waals surface area contributed by atoms with Crippen LogP contribution in [0.5, 0.6) is 0 Å². The summed E-state index contributed by atoms with van der Waals surface area (Å²) in [4.78, 5) is 1.41. The molecule has 0 aliphatic heterocycles. The van der Waals surface area contributed by atoms with Gasteiger partial charge in [-0.25, -0.2) is 0 Å². The standard InChI is InChI=1S/C25H40N2O2/c1-20(2)13-15-26(18-24(28)19-29-6)17-23-8-7-14-27(23)16-21-9-11-22(12-10-21)25(3,4)5/h7-12,14,20,24,28H,13,15-19H2,1-6H3/p+1/t24-/m1/s1. The van der Waals surface area contributed by atoms with Crippen molar-refractivity contribution in [2.24, 2.45) is 5.92 Å². The molecule has 0 aliphatic rings. The van der Waals surface area contributed by atoms with Crippen LogP contribution in [0, 0.1) is 5.92 Å². The zero-order chi connectivity index (χ0) is 21.4. The van der Waals surface area contributed by atoms with E-state index < -0.39 is 6.10 Å². The third-order valence-electron chi connectivity index (χ3n) is 5.49. The van der Waals surface area contributed by atoms with Gasteiger partial charge in [0.05, 0.1) is 18.8 Å². The van der Waals surface area contributed by atoms with Gasteiger partial charge in [-0.3, -0.25) is 0 Å². The summed E-state index contributed by atoms with van der Waals surface area (Å²) in [6, 6.07) is 13.3. The van der Waals surface area contributed by atoms with Crippen molar-refractivity contribution < 1.29 is 14.7 Å². The molecule has 29 heavy (non-hydrogen) atoms. The summed E-state index contributed by atoms with van der Waals surface area (Å²) in [6.07, 6.45) is 2.90. The van der Waals surface area contributed by atoms with Gasteiger partial charge in [0.15, 0.2) is 0 Å². The van der Waals surface area contributed by atoms with E-state index in [1.807, 2.05) is 0 Å². The van der Waals surface area contributed by atoms with Gasteiger partial charge in [-0.2, -0.15) is 0 Å². The zero-order valence-electron chi connectivity index (χ0n) is 19.2. The molecule has 1 heterocycles. The van der Waals surface area contributed by atoms with E-state index in [0.717, 1.165) is 26.1 Å². The van der Waals surface area contributed by atoms with Crippen LogP contribution >= 0.6 is 0 Å². The lowest BCUT2D eigenvalue weighted by Crippen LogP contribution is -3.12. The van der Waals surface area contributed by atoms with E-state index in [1.165, 1.54) is 21.7 Å². The van der Waals surface area contributed by atoms with Crippen LogP contribution in [0.25, 0.3) is 0 Å². The van der Waals surface area contributed by atoms with Gasteiger partial charge in [-0.05, 0) is 41.0 Å². The number of nitrogens with zero attached hydrogens (tertiary/aromatic N) is 1. The summed E-state index contributed by atoms with van der Waals surface area (Å²) in [6.45, 7) is 15.2. The van der Waals surface area contributed by atoms with Crippen molar-refractivity contribution in [3.8, 4) is 0 Å². The third-order valence-corrected chi connectivity index (χ3v) is 5.49. The van der Waals surface area contributed by atoms with Crippen LogP contribution in [0.2, 0.25) is 0 Å². The van der Waals surface area contributed by atoms with Gasteiger partial charge in [0.25, 0.3) is 0 Å². The first-order chi connectivity index (χ1) is 13.7. The summed E-state index contributed by atoms with van der Waals surface area (Å²) < 4.78 is 7.47. The van der Waals surface area contributed by atoms with Crippen LogP contribution in [0.15, 0.2) is 42.6 Å². The maximum atomic E-state index is 10.3. The average molecular weight is 402 g/mol. The predicted octanol–water partition coefficient (Wildman–Crippen LogP) is 3.27. The third kappa shape index (κ3) is 7.96. The number of ether oxygens (including phenoxy) is 1. The van der Waals surface area contributed by atoms with Crippen LogP contribution in [0.4, 0.5) is 0 Å². The highest BCUT2D eigenvalue weighted by atomic mass is 16.5. The molecule has 1 unspecified atom stereocenters. The number of benzene rings is 1. The summed E-state index contributed by atoms with van der Waals surface area (Å²) in [7, 11) is 1.65. The van der Waals surface area contributed by atoms with E-state index in [0.29, 0.717) is 19.1 Å². The second-order valence-electron chi connectivity index (χ2n) is 9.75. The van der Waals surface area contributed by atoms with Gasteiger partial charge in [0, 0.05) is 19.9 Å². The Labute approximate surface area is 177 Å². The Morgan fingerprint density at radius 1 is 1.10 bits per heavy atom. The molecule has 4 heteroatoms. The lowest BCUT2D eigenvalue weighted by atomic mass is 9.87. The van der Waals surface area contributed by atoms with E-state index in [2.05, 4.69) is 81.8 Å². The average Bonchev–Trinajstić information content (AvgIpc) is 3.06. The minimum atomic E-state index is -0.421. The highest BCUT2D eigenvalue weighted by molar-refractivity contribution is 5.28. The number of hydrogen-bond donors (Lipinski definition) is 2. The highest BCUT2D eigenvalue weighted by Crippen LogP contribution is 2.22. The summed E-state index contributed by atoms with van der Waals surface area (Å²) >= 11 is 0. The van der Waals surface area contributed by atoms with Gasteiger partial charge < -0.3 is 19.3 Å². The summed E-state index contributed by atoms with van der Waals surface area (Å²) in [5.41, 5.74) is 4.18. The molecule has 0 saturated carbocycles. The Hall–Kier alpha value is -1.62. The Morgan fingerprint density at radius 2 is 1.79 bits per heavy atom. The quantitative estimate of drug-likeness (QED) is 0.607. The van der Waals surface area contributed by atoms with Crippen molar-refractivity contribution in [2.45, 2.75) is 65.6 Å². The fourth-order valence-electron chi connectivity index (χ4n) is 3.67. The fourth-order valence-corrected chi connectivity index (χ4v) is 3.67. The zero-order valence-corrected chi connectivity index (χ0v) is 19.2. The van der Waals surface area contributed by atoms with Crippen LogP contribution in [0.3, 0.4) is 0 Å². The second kappa shape index (κ2) is 11.0. The number of quaternary nitrogens is 1. The molecule has 2 rings (SSSR count). The molecule has 0 spiro atoms. The number of nitrogens with one attached hydrogen (secondary N) is 1. The number of aliphatic hydroxyl groups is 1. The minimum Gasteiger partial charge on any atom is -0.385 e. The van der Waals surface area contributed by atoms with E-state index in [-0.39, 0.29) is 5.41 Å². The molecule has 0 bridgehead atoms. The number of hydrogen-bond acceptors (Lipinski definition) is 2. The van der Waals surface area contributed by atoms with E-state index in [9.17, 15) is 5.11 Å². The molecule has 0 fully saturated rings. The molecule has 2 N–H and O–H groups in total. The van der Waals surface area contributed by atoms with Crippen molar-refractivity contribution in [3.63, 3.8) is 0 Å². The van der Waals surface area contributed by atoms with Crippen LogP contribution in [0.1, 0.15) is 57.9 Å². The molecule has 2 aromatic rings. The van der Waals surface area contributed by atoms with Crippen LogP contribution in [-0.2, 0) is 23.2 Å². The molecule has 2 atom stereocenters. The molecular weight excluding hydrogens is 360 g/mol. The van der Waals surface area contributed by atoms with Crippen molar-refractivity contribution in [1.29, 1.82) is 0 Å². The molecule has 0 aliphatic carbocycles. The predicted molar refractivity (Wildman–Crippen MR) is 120 cm³/mol. The first-order valence-corrected chi connectivity index (χ1v) is 10.9. The molecule has 0 saturated heterocycles. The summed E-state index contributed by atoms with van der Waals surface area (Å²) in [5.74, 6) is 0.665. The molecular formula is C25H41N2O2+. The lowest BCUT2D eigenvalue weighted by molar-refractivity contribution is -0.917. The molecule has 4 nitrogen and oxygen atoms in total. The Bertz CT molecular complexity index is 713. The minimum absolute atomic E-state index is 0.181.